The lowest BCUT2D eigenvalue weighted by Crippen LogP contribution is -2.23. The Bertz CT molecular complexity index is 538. The van der Waals surface area contributed by atoms with Gasteiger partial charge in [0, 0.05) is 11.9 Å². The van der Waals surface area contributed by atoms with Crippen LogP contribution in [0.5, 0.6) is 5.75 Å². The maximum Gasteiger partial charge on any atom is 0.269 e. The first kappa shape index (κ1) is 10.4. The molecule has 2 aromatic rings. The molecule has 0 saturated heterocycles. The molecule has 0 fully saturated rings. The number of hydrogen-bond acceptors (Lipinski definition) is 3. The molecule has 1 aromatic heterocycles. The molecule has 1 heterocycles. The molecule has 0 spiro atoms. The first-order chi connectivity index (χ1) is 7.72. The van der Waals surface area contributed by atoms with Gasteiger partial charge in [0.25, 0.3) is 5.91 Å². The zero-order valence-electron chi connectivity index (χ0n) is 8.90. The summed E-state index contributed by atoms with van der Waals surface area (Å²) in [4.78, 5) is 15.7. The number of rotatable bonds is 2. The van der Waals surface area contributed by atoms with E-state index in [1.54, 1.807) is 24.3 Å². The van der Waals surface area contributed by atoms with Crippen LogP contribution in [0, 0.1) is 0 Å². The van der Waals surface area contributed by atoms with Gasteiger partial charge in [0.2, 0.25) is 0 Å². The lowest BCUT2D eigenvalue weighted by molar-refractivity contribution is 0.0951. The predicted octanol–water partition coefficient (Wildman–Crippen LogP) is 1.69. The smallest absolute Gasteiger partial charge is 0.269 e. The molecule has 0 saturated carbocycles. The fourth-order valence-electron chi connectivity index (χ4n) is 1.51. The molecule has 0 unspecified atom stereocenters. The van der Waals surface area contributed by atoms with Crippen LogP contribution in [0.3, 0.4) is 0 Å². The quantitative estimate of drug-likeness (QED) is 0.803. The average molecular weight is 216 g/mol. The summed E-state index contributed by atoms with van der Waals surface area (Å²) in [5.41, 5.74) is 0.766. The Balaban J connectivity index is 2.51. The Morgan fingerprint density at radius 2 is 2.19 bits per heavy atom. The summed E-state index contributed by atoms with van der Waals surface area (Å²) in [7, 11) is 0. The number of phenols is 1. The number of nitrogens with one attached hydrogen (secondary N) is 1. The highest BCUT2D eigenvalue weighted by molar-refractivity contribution is 5.95. The van der Waals surface area contributed by atoms with E-state index < -0.39 is 0 Å². The number of hydrogen-bond donors (Lipinski definition) is 2. The molecule has 2 N–H and O–H groups in total. The highest BCUT2D eigenvalue weighted by Crippen LogP contribution is 2.22. The fraction of sp³-hybridized carbons (Fsp3) is 0.167. The van der Waals surface area contributed by atoms with Crippen LogP contribution in [0.4, 0.5) is 0 Å². The van der Waals surface area contributed by atoms with Gasteiger partial charge in [-0.25, -0.2) is 4.98 Å². The Hall–Kier alpha value is -2.10. The minimum atomic E-state index is -0.229. The molecule has 0 aliphatic rings. The summed E-state index contributed by atoms with van der Waals surface area (Å²) in [6.07, 6.45) is 0. The third kappa shape index (κ3) is 1.82. The Morgan fingerprint density at radius 3 is 2.94 bits per heavy atom. The van der Waals surface area contributed by atoms with Gasteiger partial charge in [0.1, 0.15) is 17.0 Å². The van der Waals surface area contributed by atoms with E-state index in [-0.39, 0.29) is 11.7 Å². The van der Waals surface area contributed by atoms with Crippen molar-refractivity contribution in [2.75, 3.05) is 6.54 Å². The van der Waals surface area contributed by atoms with Gasteiger partial charge in [-0.3, -0.25) is 4.79 Å². The maximum absolute atomic E-state index is 11.5. The van der Waals surface area contributed by atoms with Crippen LogP contribution in [0.2, 0.25) is 0 Å². The van der Waals surface area contributed by atoms with E-state index in [4.69, 9.17) is 0 Å². The zero-order valence-corrected chi connectivity index (χ0v) is 8.90. The van der Waals surface area contributed by atoms with E-state index in [1.807, 2.05) is 13.0 Å². The molecular formula is C12H12N2O2. The van der Waals surface area contributed by atoms with Crippen LogP contribution < -0.4 is 5.32 Å². The average Bonchev–Trinajstić information content (AvgIpc) is 2.29. The second-order valence-electron chi connectivity index (χ2n) is 3.40. The zero-order chi connectivity index (χ0) is 11.5. The van der Waals surface area contributed by atoms with Crippen molar-refractivity contribution >= 4 is 16.8 Å². The third-order valence-electron chi connectivity index (χ3n) is 2.27. The number of nitrogens with zero attached hydrogens (tertiary/aromatic N) is 1. The van der Waals surface area contributed by atoms with Gasteiger partial charge in [-0.1, -0.05) is 18.2 Å². The van der Waals surface area contributed by atoms with Crippen molar-refractivity contribution in [3.63, 3.8) is 0 Å². The maximum atomic E-state index is 11.5. The molecule has 16 heavy (non-hydrogen) atoms. The Labute approximate surface area is 92.9 Å². The number of pyridine rings is 1. The Morgan fingerprint density at radius 1 is 1.38 bits per heavy atom. The summed E-state index contributed by atoms with van der Waals surface area (Å²) in [5, 5.41) is 13.1. The first-order valence-electron chi connectivity index (χ1n) is 5.09. The number of para-hydroxylation sites is 1. The van der Waals surface area contributed by atoms with E-state index in [0.29, 0.717) is 17.8 Å². The number of aromatic hydroxyl groups is 1. The van der Waals surface area contributed by atoms with E-state index in [1.165, 1.54) is 0 Å². The molecule has 0 radical (unpaired) electrons. The van der Waals surface area contributed by atoms with Crippen LogP contribution in [0.1, 0.15) is 17.4 Å². The number of benzene rings is 1. The van der Waals surface area contributed by atoms with Gasteiger partial charge in [-0.15, -0.1) is 0 Å². The van der Waals surface area contributed by atoms with Crippen LogP contribution in [-0.2, 0) is 0 Å². The fourth-order valence-corrected chi connectivity index (χ4v) is 1.51. The second-order valence-corrected chi connectivity index (χ2v) is 3.40. The van der Waals surface area contributed by atoms with Crippen LogP contribution in [0.25, 0.3) is 10.9 Å². The molecule has 1 amide bonds. The van der Waals surface area contributed by atoms with Crippen molar-refractivity contribution in [3.8, 4) is 5.75 Å². The van der Waals surface area contributed by atoms with E-state index in [9.17, 15) is 9.90 Å². The topological polar surface area (TPSA) is 62.2 Å². The molecule has 4 heteroatoms. The van der Waals surface area contributed by atoms with Crippen molar-refractivity contribution in [1.29, 1.82) is 0 Å². The second kappa shape index (κ2) is 4.18. The number of carbonyl (C=O) groups excluding carboxylic acids is 1. The minimum Gasteiger partial charge on any atom is -0.506 e. The Kier molecular flexibility index (Phi) is 2.72. The number of fused-ring (bicyclic) bond motifs is 1. The number of carbonyl (C=O) groups is 1. The van der Waals surface area contributed by atoms with E-state index in [2.05, 4.69) is 10.3 Å². The highest BCUT2D eigenvalue weighted by Gasteiger charge is 2.08. The van der Waals surface area contributed by atoms with Gasteiger partial charge >= 0.3 is 0 Å². The van der Waals surface area contributed by atoms with Crippen molar-refractivity contribution < 1.29 is 9.90 Å². The minimum absolute atomic E-state index is 0.0867. The molecule has 0 aliphatic carbocycles. The molecule has 82 valence electrons. The largest absolute Gasteiger partial charge is 0.506 e. The lowest BCUT2D eigenvalue weighted by Gasteiger charge is -2.04. The molecule has 0 aliphatic heterocycles. The summed E-state index contributed by atoms with van der Waals surface area (Å²) < 4.78 is 0. The molecule has 0 atom stereocenters. The van der Waals surface area contributed by atoms with Crippen LogP contribution in [0.15, 0.2) is 30.3 Å². The van der Waals surface area contributed by atoms with Gasteiger partial charge in [0.15, 0.2) is 0 Å². The number of aromatic nitrogens is 1. The van der Waals surface area contributed by atoms with Crippen LogP contribution >= 0.6 is 0 Å². The molecular weight excluding hydrogens is 204 g/mol. The number of phenolic OH excluding ortho intramolecular Hbond substituents is 1. The van der Waals surface area contributed by atoms with Crippen molar-refractivity contribution in [2.45, 2.75) is 6.92 Å². The van der Waals surface area contributed by atoms with Gasteiger partial charge < -0.3 is 10.4 Å². The highest BCUT2D eigenvalue weighted by atomic mass is 16.3. The first-order valence-corrected chi connectivity index (χ1v) is 5.09. The molecule has 0 bridgehead atoms. The van der Waals surface area contributed by atoms with Crippen molar-refractivity contribution in [2.24, 2.45) is 0 Å². The number of amides is 1. The SMILES string of the molecule is CCNC(=O)c1ccc2cccc(O)c2n1. The molecule has 4 nitrogen and oxygen atoms in total. The summed E-state index contributed by atoms with van der Waals surface area (Å²) in [6.45, 7) is 2.40. The van der Waals surface area contributed by atoms with Gasteiger partial charge in [-0.05, 0) is 19.1 Å². The molecule has 1 aromatic carbocycles. The normalized spacial score (nSPS) is 10.3. The van der Waals surface area contributed by atoms with Gasteiger partial charge in [-0.2, -0.15) is 0 Å². The summed E-state index contributed by atoms with van der Waals surface area (Å²) >= 11 is 0. The van der Waals surface area contributed by atoms with Gasteiger partial charge in [0.05, 0.1) is 0 Å². The summed E-state index contributed by atoms with van der Waals surface area (Å²) in [6, 6.07) is 8.55. The van der Waals surface area contributed by atoms with Crippen molar-refractivity contribution in [1.82, 2.24) is 10.3 Å². The van der Waals surface area contributed by atoms with E-state index >= 15 is 0 Å². The molecule has 2 rings (SSSR count). The standard InChI is InChI=1S/C12H12N2O2/c1-2-13-12(16)9-7-6-8-4-3-5-10(15)11(8)14-9/h3-7,15H,2H2,1H3,(H,13,16). The van der Waals surface area contributed by atoms with Crippen molar-refractivity contribution in [3.05, 3.63) is 36.0 Å². The summed E-state index contributed by atoms with van der Waals surface area (Å²) in [5.74, 6) is -0.142. The van der Waals surface area contributed by atoms with E-state index in [0.717, 1.165) is 5.39 Å². The predicted molar refractivity (Wildman–Crippen MR) is 61.4 cm³/mol. The van der Waals surface area contributed by atoms with Crippen LogP contribution in [-0.4, -0.2) is 22.5 Å². The monoisotopic (exact) mass is 216 g/mol. The lowest BCUT2D eigenvalue weighted by atomic mass is 10.2. The third-order valence-corrected chi connectivity index (χ3v) is 2.27.